The first kappa shape index (κ1) is 11.6. The molecule has 2 rings (SSSR count). The Labute approximate surface area is 105 Å². The first-order chi connectivity index (χ1) is 7.58. The molecular weight excluding hydrogens is 266 g/mol. The molecule has 0 bridgehead atoms. The van der Waals surface area contributed by atoms with E-state index in [-0.39, 0.29) is 10.6 Å². The molecule has 0 spiro atoms. The van der Waals surface area contributed by atoms with Crippen LogP contribution in [0.4, 0.5) is 0 Å². The molecule has 2 aromatic rings. The van der Waals surface area contributed by atoms with Gasteiger partial charge in [-0.1, -0.05) is 23.4 Å². The van der Waals surface area contributed by atoms with E-state index < -0.39 is 0 Å². The molecule has 0 saturated heterocycles. The van der Waals surface area contributed by atoms with Gasteiger partial charge in [0.1, 0.15) is 5.02 Å². The highest BCUT2D eigenvalue weighted by Crippen LogP contribution is 2.32. The van der Waals surface area contributed by atoms with E-state index in [0.29, 0.717) is 4.90 Å². The molecule has 0 atom stereocenters. The molecule has 84 valence electrons. The Bertz CT molecular complexity index is 578. The number of hydrogen-bond acceptors (Lipinski definition) is 5. The number of rotatable bonds is 2. The van der Waals surface area contributed by atoms with Crippen molar-refractivity contribution in [3.05, 3.63) is 32.6 Å². The smallest absolute Gasteiger partial charge is 0.266 e. The number of aromatic nitrogens is 3. The summed E-state index contributed by atoms with van der Waals surface area (Å²) in [6.45, 7) is 1.92. The van der Waals surface area contributed by atoms with E-state index in [2.05, 4.69) is 10.1 Å². The second-order valence-electron chi connectivity index (χ2n) is 3.11. The minimum absolute atomic E-state index is 0.190. The summed E-state index contributed by atoms with van der Waals surface area (Å²) in [7, 11) is 1.57. The Morgan fingerprint density at radius 2 is 2.31 bits per heavy atom. The maximum Gasteiger partial charge on any atom is 0.286 e. The van der Waals surface area contributed by atoms with Gasteiger partial charge in [-0.3, -0.25) is 4.79 Å². The third kappa shape index (κ3) is 2.28. The Kier molecular flexibility index (Phi) is 3.32. The summed E-state index contributed by atoms with van der Waals surface area (Å²) in [5, 5.41) is 6.06. The molecule has 0 aliphatic carbocycles. The highest BCUT2D eigenvalue weighted by atomic mass is 35.5. The zero-order valence-electron chi connectivity index (χ0n) is 8.60. The van der Waals surface area contributed by atoms with Gasteiger partial charge in [-0.15, -0.1) is 11.3 Å². The number of hydrogen-bond donors (Lipinski definition) is 0. The minimum Gasteiger partial charge on any atom is -0.266 e. The van der Waals surface area contributed by atoms with Gasteiger partial charge >= 0.3 is 0 Å². The summed E-state index contributed by atoms with van der Waals surface area (Å²) < 4.78 is 2.06. The van der Waals surface area contributed by atoms with Crippen LogP contribution in [0.3, 0.4) is 0 Å². The van der Waals surface area contributed by atoms with Gasteiger partial charge < -0.3 is 0 Å². The van der Waals surface area contributed by atoms with Crippen LogP contribution in [0.2, 0.25) is 5.02 Å². The lowest BCUT2D eigenvalue weighted by molar-refractivity contribution is 0.696. The fourth-order valence-corrected chi connectivity index (χ4v) is 3.11. The van der Waals surface area contributed by atoms with Crippen molar-refractivity contribution < 1.29 is 0 Å². The van der Waals surface area contributed by atoms with Crippen LogP contribution in [0.1, 0.15) is 5.69 Å². The van der Waals surface area contributed by atoms with Crippen molar-refractivity contribution in [1.82, 2.24) is 14.8 Å². The molecule has 2 aromatic heterocycles. The molecule has 16 heavy (non-hydrogen) atoms. The second kappa shape index (κ2) is 4.57. The van der Waals surface area contributed by atoms with Gasteiger partial charge in [0.05, 0.1) is 11.1 Å². The van der Waals surface area contributed by atoms with Crippen LogP contribution in [0.5, 0.6) is 0 Å². The van der Waals surface area contributed by atoms with Crippen LogP contribution in [-0.2, 0) is 7.05 Å². The topological polar surface area (TPSA) is 47.8 Å². The molecule has 0 radical (unpaired) electrons. The zero-order chi connectivity index (χ0) is 11.7. The molecule has 0 fully saturated rings. The highest BCUT2D eigenvalue weighted by molar-refractivity contribution is 8.01. The van der Waals surface area contributed by atoms with Crippen LogP contribution in [-0.4, -0.2) is 14.8 Å². The number of nitrogens with zero attached hydrogens (tertiary/aromatic N) is 3. The van der Waals surface area contributed by atoms with Gasteiger partial charge in [-0.05, 0) is 6.92 Å². The summed E-state index contributed by atoms with van der Waals surface area (Å²) >= 11 is 8.82. The normalized spacial score (nSPS) is 10.7. The lowest BCUT2D eigenvalue weighted by Gasteiger charge is -2.01. The fraction of sp³-hybridized carbons (Fsp3) is 0.222. The average molecular weight is 274 g/mol. The van der Waals surface area contributed by atoms with Crippen LogP contribution < -0.4 is 5.56 Å². The molecule has 2 heterocycles. The summed E-state index contributed by atoms with van der Waals surface area (Å²) in [4.78, 5) is 16.4. The lowest BCUT2D eigenvalue weighted by Crippen LogP contribution is -2.19. The predicted molar refractivity (Wildman–Crippen MR) is 65.5 cm³/mol. The standard InChI is InChI=1S/C9H8ClN3OS2/c1-5-4-15-9(12-5)16-6-3-11-13(2)8(14)7(6)10/h3-4H,1-2H3. The number of aryl methyl sites for hydroxylation is 2. The van der Waals surface area contributed by atoms with E-state index >= 15 is 0 Å². The Morgan fingerprint density at radius 3 is 2.94 bits per heavy atom. The molecule has 7 heteroatoms. The summed E-state index contributed by atoms with van der Waals surface area (Å²) in [5.41, 5.74) is 0.667. The van der Waals surface area contributed by atoms with Crippen LogP contribution in [0.15, 0.2) is 25.6 Å². The van der Waals surface area contributed by atoms with Crippen LogP contribution >= 0.6 is 34.7 Å². The van der Waals surface area contributed by atoms with Crippen molar-refractivity contribution in [2.45, 2.75) is 16.2 Å². The largest absolute Gasteiger partial charge is 0.286 e. The van der Waals surface area contributed by atoms with E-state index in [1.165, 1.54) is 27.8 Å². The number of halogens is 1. The summed E-state index contributed by atoms with van der Waals surface area (Å²) in [6.07, 6.45) is 1.57. The van der Waals surface area contributed by atoms with Crippen LogP contribution in [0.25, 0.3) is 0 Å². The van der Waals surface area contributed by atoms with E-state index in [1.807, 2.05) is 12.3 Å². The SMILES string of the molecule is Cc1csc(Sc2cnn(C)c(=O)c2Cl)n1. The van der Waals surface area contributed by atoms with E-state index in [0.717, 1.165) is 10.0 Å². The fourth-order valence-electron chi connectivity index (χ4n) is 1.04. The highest BCUT2D eigenvalue weighted by Gasteiger charge is 2.10. The molecule has 0 unspecified atom stereocenters. The zero-order valence-corrected chi connectivity index (χ0v) is 11.0. The molecule has 0 aromatic carbocycles. The van der Waals surface area contributed by atoms with Crippen molar-refractivity contribution in [3.63, 3.8) is 0 Å². The van der Waals surface area contributed by atoms with E-state index in [9.17, 15) is 4.79 Å². The Morgan fingerprint density at radius 1 is 1.56 bits per heavy atom. The number of thiazole rings is 1. The quantitative estimate of drug-likeness (QED) is 0.843. The summed E-state index contributed by atoms with van der Waals surface area (Å²) in [6, 6.07) is 0. The van der Waals surface area contributed by atoms with Crippen molar-refractivity contribution in [2.24, 2.45) is 7.05 Å². The van der Waals surface area contributed by atoms with E-state index in [4.69, 9.17) is 11.6 Å². The summed E-state index contributed by atoms with van der Waals surface area (Å²) in [5.74, 6) is 0. The molecule has 0 amide bonds. The molecule has 0 aliphatic heterocycles. The average Bonchev–Trinajstić information content (AvgIpc) is 2.65. The molecule has 0 aliphatic rings. The molecule has 0 saturated carbocycles. The van der Waals surface area contributed by atoms with Gasteiger partial charge in [-0.2, -0.15) is 5.10 Å². The van der Waals surface area contributed by atoms with Gasteiger partial charge in [0, 0.05) is 18.1 Å². The molecule has 0 N–H and O–H groups in total. The Hall–Kier alpha value is -0.850. The van der Waals surface area contributed by atoms with Gasteiger partial charge in [0.25, 0.3) is 5.56 Å². The second-order valence-corrected chi connectivity index (χ2v) is 5.63. The third-order valence-electron chi connectivity index (χ3n) is 1.84. The predicted octanol–water partition coefficient (Wildman–Crippen LogP) is 2.35. The van der Waals surface area contributed by atoms with E-state index in [1.54, 1.807) is 13.2 Å². The van der Waals surface area contributed by atoms with Crippen molar-refractivity contribution in [1.29, 1.82) is 0 Å². The first-order valence-electron chi connectivity index (χ1n) is 4.39. The monoisotopic (exact) mass is 273 g/mol. The van der Waals surface area contributed by atoms with Crippen molar-refractivity contribution >= 4 is 34.7 Å². The van der Waals surface area contributed by atoms with Gasteiger partial charge in [0.2, 0.25) is 0 Å². The first-order valence-corrected chi connectivity index (χ1v) is 6.47. The lowest BCUT2D eigenvalue weighted by atomic mass is 10.6. The Balaban J connectivity index is 2.36. The maximum atomic E-state index is 11.5. The minimum atomic E-state index is -0.292. The van der Waals surface area contributed by atoms with Gasteiger partial charge in [0.15, 0.2) is 4.34 Å². The van der Waals surface area contributed by atoms with Gasteiger partial charge in [-0.25, -0.2) is 9.67 Å². The molecule has 4 nitrogen and oxygen atoms in total. The third-order valence-corrected chi connectivity index (χ3v) is 4.40. The van der Waals surface area contributed by atoms with Crippen molar-refractivity contribution in [2.75, 3.05) is 0 Å². The van der Waals surface area contributed by atoms with Crippen LogP contribution in [0, 0.1) is 6.92 Å². The molecular formula is C9H8ClN3OS2. The maximum absolute atomic E-state index is 11.5. The van der Waals surface area contributed by atoms with Crippen molar-refractivity contribution in [3.8, 4) is 0 Å².